The van der Waals surface area contributed by atoms with Gasteiger partial charge in [0.15, 0.2) is 0 Å². The number of carboxylic acid groups (broad SMARTS) is 1. The van der Waals surface area contributed by atoms with Gasteiger partial charge in [-0.15, -0.1) is 10.2 Å². The first-order valence-corrected chi connectivity index (χ1v) is 7.15. The van der Waals surface area contributed by atoms with Crippen molar-refractivity contribution in [2.75, 3.05) is 0 Å². The van der Waals surface area contributed by atoms with Crippen molar-refractivity contribution in [1.82, 2.24) is 19.5 Å². The van der Waals surface area contributed by atoms with Crippen molar-refractivity contribution < 1.29 is 22.7 Å². The van der Waals surface area contributed by atoms with Gasteiger partial charge in [-0.2, -0.15) is 0 Å². The van der Waals surface area contributed by atoms with Crippen molar-refractivity contribution >= 4 is 16.0 Å². The van der Waals surface area contributed by atoms with Crippen LogP contribution in [0, 0.1) is 5.82 Å². The second-order valence-corrected chi connectivity index (χ2v) is 5.87. The number of aromatic nitrogens is 3. The van der Waals surface area contributed by atoms with Gasteiger partial charge < -0.3 is 9.67 Å². The van der Waals surface area contributed by atoms with Crippen molar-refractivity contribution in [2.45, 2.75) is 11.4 Å². The van der Waals surface area contributed by atoms with Gasteiger partial charge in [-0.3, -0.25) is 0 Å². The van der Waals surface area contributed by atoms with E-state index in [1.54, 1.807) is 7.05 Å². The minimum Gasteiger partial charge on any atom is -0.478 e. The molecule has 2 rings (SSSR count). The van der Waals surface area contributed by atoms with E-state index in [0.717, 1.165) is 12.1 Å². The van der Waals surface area contributed by atoms with Crippen molar-refractivity contribution in [1.29, 1.82) is 0 Å². The Kier molecular flexibility index (Phi) is 4.00. The molecule has 0 aliphatic carbocycles. The molecule has 0 bridgehead atoms. The number of rotatable bonds is 5. The zero-order valence-corrected chi connectivity index (χ0v) is 11.6. The van der Waals surface area contributed by atoms with Crippen molar-refractivity contribution in [3.8, 4) is 0 Å². The van der Waals surface area contributed by atoms with Crippen LogP contribution < -0.4 is 4.72 Å². The molecule has 0 saturated heterocycles. The lowest BCUT2D eigenvalue weighted by molar-refractivity contribution is 0.0696. The van der Waals surface area contributed by atoms with E-state index in [4.69, 9.17) is 5.11 Å². The van der Waals surface area contributed by atoms with Gasteiger partial charge in [-0.25, -0.2) is 22.3 Å². The molecule has 8 nitrogen and oxygen atoms in total. The van der Waals surface area contributed by atoms with Gasteiger partial charge in [0, 0.05) is 7.05 Å². The van der Waals surface area contributed by atoms with Crippen LogP contribution in [0.25, 0.3) is 0 Å². The number of aromatic carboxylic acids is 1. The fourth-order valence-corrected chi connectivity index (χ4v) is 2.59. The summed E-state index contributed by atoms with van der Waals surface area (Å²) in [5, 5.41) is 16.0. The third kappa shape index (κ3) is 3.23. The predicted molar refractivity (Wildman–Crippen MR) is 68.4 cm³/mol. The molecule has 2 N–H and O–H groups in total. The summed E-state index contributed by atoms with van der Waals surface area (Å²) in [6, 6.07) is 2.57. The average molecular weight is 314 g/mol. The smallest absolute Gasteiger partial charge is 0.335 e. The number of sulfonamides is 1. The van der Waals surface area contributed by atoms with E-state index in [1.807, 2.05) is 0 Å². The summed E-state index contributed by atoms with van der Waals surface area (Å²) >= 11 is 0. The molecule has 1 aromatic carbocycles. The molecule has 0 unspecified atom stereocenters. The zero-order valence-electron chi connectivity index (χ0n) is 10.8. The van der Waals surface area contributed by atoms with Crippen LogP contribution in [0.4, 0.5) is 4.39 Å². The van der Waals surface area contributed by atoms with E-state index in [9.17, 15) is 17.6 Å². The number of aryl methyl sites for hydroxylation is 1. The van der Waals surface area contributed by atoms with Gasteiger partial charge in [0.05, 0.1) is 12.1 Å². The summed E-state index contributed by atoms with van der Waals surface area (Å²) in [6.45, 7) is -0.168. The number of halogens is 1. The quantitative estimate of drug-likeness (QED) is 0.811. The maximum absolute atomic E-state index is 13.7. The number of nitrogens with one attached hydrogen (secondary N) is 1. The molecule has 0 amide bonds. The fraction of sp³-hybridized carbons (Fsp3) is 0.182. The molecule has 1 aromatic heterocycles. The molecule has 0 fully saturated rings. The maximum atomic E-state index is 13.7. The molecule has 0 saturated carbocycles. The van der Waals surface area contributed by atoms with Crippen molar-refractivity contribution in [3.05, 3.63) is 41.7 Å². The van der Waals surface area contributed by atoms with Crippen LogP contribution in [0.1, 0.15) is 16.2 Å². The summed E-state index contributed by atoms with van der Waals surface area (Å²) in [7, 11) is -2.49. The lowest BCUT2D eigenvalue weighted by Gasteiger charge is -2.07. The zero-order chi connectivity index (χ0) is 15.6. The number of carbonyl (C=O) groups is 1. The third-order valence-electron chi connectivity index (χ3n) is 2.69. The van der Waals surface area contributed by atoms with Crippen molar-refractivity contribution in [2.24, 2.45) is 7.05 Å². The van der Waals surface area contributed by atoms with Crippen LogP contribution in [0.2, 0.25) is 0 Å². The Morgan fingerprint density at radius 1 is 1.48 bits per heavy atom. The molecule has 0 spiro atoms. The van der Waals surface area contributed by atoms with E-state index in [0.29, 0.717) is 11.9 Å². The minimum absolute atomic E-state index is 0.168. The molecule has 10 heteroatoms. The molecule has 2 aromatic rings. The van der Waals surface area contributed by atoms with Crippen LogP contribution in [-0.4, -0.2) is 34.3 Å². The van der Waals surface area contributed by atoms with Gasteiger partial charge in [-0.05, 0) is 18.2 Å². The summed E-state index contributed by atoms with van der Waals surface area (Å²) < 4.78 is 41.4. The lowest BCUT2D eigenvalue weighted by Crippen LogP contribution is -2.25. The molecule has 21 heavy (non-hydrogen) atoms. The van der Waals surface area contributed by atoms with Crippen LogP contribution in [0.5, 0.6) is 0 Å². The van der Waals surface area contributed by atoms with E-state index in [-0.39, 0.29) is 12.1 Å². The Morgan fingerprint density at radius 3 is 2.71 bits per heavy atom. The lowest BCUT2D eigenvalue weighted by atomic mass is 10.2. The first-order chi connectivity index (χ1) is 9.81. The third-order valence-corrected chi connectivity index (χ3v) is 4.13. The van der Waals surface area contributed by atoms with E-state index in [2.05, 4.69) is 14.9 Å². The standard InChI is InChI=1S/C11H11FN4O4S/c1-16-6-13-15-10(16)5-14-21(19,20)9-3-2-7(11(17)18)4-8(9)12/h2-4,6,14H,5H2,1H3,(H,17,18). The maximum Gasteiger partial charge on any atom is 0.335 e. The number of nitrogens with zero attached hydrogens (tertiary/aromatic N) is 3. The van der Waals surface area contributed by atoms with Crippen LogP contribution >= 0.6 is 0 Å². The number of hydrogen-bond donors (Lipinski definition) is 2. The van der Waals surface area contributed by atoms with Gasteiger partial charge in [0.1, 0.15) is 22.9 Å². The van der Waals surface area contributed by atoms with Crippen LogP contribution in [0.15, 0.2) is 29.4 Å². The topological polar surface area (TPSA) is 114 Å². The first-order valence-electron chi connectivity index (χ1n) is 5.66. The second-order valence-electron chi connectivity index (χ2n) is 4.13. The highest BCUT2D eigenvalue weighted by atomic mass is 32.2. The van der Waals surface area contributed by atoms with Gasteiger partial charge in [0.25, 0.3) is 0 Å². The highest BCUT2D eigenvalue weighted by Gasteiger charge is 2.21. The van der Waals surface area contributed by atoms with Crippen LogP contribution in [0.3, 0.4) is 0 Å². The summed E-state index contributed by atoms with van der Waals surface area (Å²) in [5.41, 5.74) is -0.334. The Morgan fingerprint density at radius 2 is 2.19 bits per heavy atom. The Hall–Kier alpha value is -2.33. The van der Waals surface area contributed by atoms with E-state index >= 15 is 0 Å². The Labute approximate surface area is 119 Å². The highest BCUT2D eigenvalue weighted by Crippen LogP contribution is 2.16. The molecular formula is C11H11FN4O4S. The van der Waals surface area contributed by atoms with E-state index < -0.39 is 26.7 Å². The normalized spacial score (nSPS) is 11.5. The van der Waals surface area contributed by atoms with E-state index in [1.165, 1.54) is 10.9 Å². The van der Waals surface area contributed by atoms with Gasteiger partial charge in [0.2, 0.25) is 10.0 Å². The monoisotopic (exact) mass is 314 g/mol. The highest BCUT2D eigenvalue weighted by molar-refractivity contribution is 7.89. The number of hydrogen-bond acceptors (Lipinski definition) is 5. The molecule has 0 atom stereocenters. The van der Waals surface area contributed by atoms with Gasteiger partial charge in [-0.1, -0.05) is 0 Å². The Bertz CT molecular complexity index is 787. The first kappa shape index (κ1) is 15.1. The SMILES string of the molecule is Cn1cnnc1CNS(=O)(=O)c1ccc(C(=O)O)cc1F. The predicted octanol–water partition coefficient (Wildman–Crippen LogP) is 0.131. The second kappa shape index (κ2) is 5.58. The number of benzene rings is 1. The molecular weight excluding hydrogens is 303 g/mol. The average Bonchev–Trinajstić information content (AvgIpc) is 2.81. The fourth-order valence-electron chi connectivity index (χ4n) is 1.56. The van der Waals surface area contributed by atoms with Crippen LogP contribution in [-0.2, 0) is 23.6 Å². The number of carboxylic acids is 1. The minimum atomic E-state index is -4.13. The molecule has 0 aliphatic heterocycles. The Balaban J connectivity index is 2.23. The molecule has 112 valence electrons. The van der Waals surface area contributed by atoms with Gasteiger partial charge >= 0.3 is 5.97 Å². The molecule has 1 heterocycles. The summed E-state index contributed by atoms with van der Waals surface area (Å²) in [4.78, 5) is 10.1. The summed E-state index contributed by atoms with van der Waals surface area (Å²) in [5.74, 6) is -2.13. The largest absolute Gasteiger partial charge is 0.478 e. The summed E-state index contributed by atoms with van der Waals surface area (Å²) in [6.07, 6.45) is 1.39. The molecule has 0 radical (unpaired) electrons. The molecule has 0 aliphatic rings. The van der Waals surface area contributed by atoms with Crippen molar-refractivity contribution in [3.63, 3.8) is 0 Å².